The van der Waals surface area contributed by atoms with E-state index in [0.717, 1.165) is 77.8 Å². The van der Waals surface area contributed by atoms with Crippen LogP contribution in [0.5, 0.6) is 0 Å². The lowest BCUT2D eigenvalue weighted by Gasteiger charge is -2.22. The first-order valence-corrected chi connectivity index (χ1v) is 10.2. The second-order valence-electron chi connectivity index (χ2n) is 7.06. The van der Waals surface area contributed by atoms with Crippen LogP contribution >= 0.6 is 24.0 Å². The van der Waals surface area contributed by atoms with E-state index in [1.165, 1.54) is 19.4 Å². The van der Waals surface area contributed by atoms with Crippen molar-refractivity contribution in [1.29, 1.82) is 0 Å². The van der Waals surface area contributed by atoms with Crippen molar-refractivity contribution in [3.63, 3.8) is 0 Å². The van der Waals surface area contributed by atoms with Crippen molar-refractivity contribution in [1.82, 2.24) is 15.5 Å². The molecule has 2 fully saturated rings. The normalized spacial score (nSPS) is 22.2. The summed E-state index contributed by atoms with van der Waals surface area (Å²) in [6.07, 6.45) is 5.88. The van der Waals surface area contributed by atoms with E-state index in [0.29, 0.717) is 12.0 Å². The van der Waals surface area contributed by atoms with Gasteiger partial charge in [-0.1, -0.05) is 6.92 Å². The quantitative estimate of drug-likeness (QED) is 0.217. The Kier molecular flexibility index (Phi) is 13.7. The number of rotatable bonds is 10. The van der Waals surface area contributed by atoms with E-state index in [4.69, 9.17) is 14.5 Å². The van der Waals surface area contributed by atoms with Crippen molar-refractivity contribution in [3.05, 3.63) is 0 Å². The number of hydrogen-bond donors (Lipinski definition) is 2. The molecule has 0 aromatic rings. The monoisotopic (exact) mass is 482 g/mol. The Morgan fingerprint density at radius 3 is 2.73 bits per heavy atom. The van der Waals surface area contributed by atoms with Gasteiger partial charge in [0.1, 0.15) is 0 Å². The number of nitrogens with zero attached hydrogens (tertiary/aromatic N) is 2. The van der Waals surface area contributed by atoms with E-state index < -0.39 is 0 Å². The molecule has 1 atom stereocenters. The highest BCUT2D eigenvalue weighted by molar-refractivity contribution is 14.0. The Morgan fingerprint density at radius 1 is 1.19 bits per heavy atom. The van der Waals surface area contributed by atoms with Crippen molar-refractivity contribution in [2.24, 2.45) is 10.9 Å². The number of guanidine groups is 1. The number of halogens is 1. The second kappa shape index (κ2) is 14.9. The summed E-state index contributed by atoms with van der Waals surface area (Å²) in [7, 11) is 0. The van der Waals surface area contributed by atoms with E-state index >= 15 is 0 Å². The molecule has 0 aliphatic carbocycles. The SMILES string of the molecule is CCNC(=NCC1CCCN1CC)NCCCOCC1CCOCC1.I. The van der Waals surface area contributed by atoms with Gasteiger partial charge in [0.15, 0.2) is 5.96 Å². The summed E-state index contributed by atoms with van der Waals surface area (Å²) in [5.41, 5.74) is 0. The number of aliphatic imine (C=N–C) groups is 1. The van der Waals surface area contributed by atoms with Gasteiger partial charge in [0, 0.05) is 45.6 Å². The average Bonchev–Trinajstić information content (AvgIpc) is 3.11. The molecule has 2 saturated heterocycles. The molecule has 154 valence electrons. The average molecular weight is 482 g/mol. The number of ether oxygens (including phenoxy) is 2. The largest absolute Gasteiger partial charge is 0.381 e. The van der Waals surface area contributed by atoms with E-state index in [1.54, 1.807) is 0 Å². The highest BCUT2D eigenvalue weighted by atomic mass is 127. The van der Waals surface area contributed by atoms with Crippen LogP contribution in [0.2, 0.25) is 0 Å². The molecule has 0 amide bonds. The fraction of sp³-hybridized carbons (Fsp3) is 0.947. The third kappa shape index (κ3) is 9.19. The van der Waals surface area contributed by atoms with Crippen LogP contribution in [0.4, 0.5) is 0 Å². The highest BCUT2D eigenvalue weighted by Gasteiger charge is 2.22. The van der Waals surface area contributed by atoms with Crippen LogP contribution in [0.3, 0.4) is 0 Å². The molecule has 0 spiro atoms. The molecule has 2 aliphatic heterocycles. The van der Waals surface area contributed by atoms with Gasteiger partial charge in [-0.2, -0.15) is 0 Å². The Labute approximate surface area is 176 Å². The van der Waals surface area contributed by atoms with Crippen LogP contribution in [-0.4, -0.2) is 76.1 Å². The smallest absolute Gasteiger partial charge is 0.191 e. The van der Waals surface area contributed by atoms with E-state index in [1.807, 2.05) is 0 Å². The van der Waals surface area contributed by atoms with Gasteiger partial charge < -0.3 is 20.1 Å². The first-order valence-electron chi connectivity index (χ1n) is 10.2. The molecule has 2 heterocycles. The summed E-state index contributed by atoms with van der Waals surface area (Å²) in [6.45, 7) is 12.9. The molecule has 2 aliphatic rings. The topological polar surface area (TPSA) is 58.1 Å². The summed E-state index contributed by atoms with van der Waals surface area (Å²) in [4.78, 5) is 7.32. The summed E-state index contributed by atoms with van der Waals surface area (Å²) >= 11 is 0. The lowest BCUT2D eigenvalue weighted by molar-refractivity contribution is 0.0203. The summed E-state index contributed by atoms with van der Waals surface area (Å²) in [5, 5.41) is 6.78. The van der Waals surface area contributed by atoms with Crippen LogP contribution in [0.1, 0.15) is 46.0 Å². The zero-order valence-corrected chi connectivity index (χ0v) is 19.0. The minimum atomic E-state index is 0. The molecule has 7 heteroatoms. The Bertz CT molecular complexity index is 379. The maximum atomic E-state index is 5.82. The molecule has 2 N–H and O–H groups in total. The van der Waals surface area contributed by atoms with Crippen molar-refractivity contribution in [3.8, 4) is 0 Å². The molecule has 0 aromatic carbocycles. The summed E-state index contributed by atoms with van der Waals surface area (Å²) in [6, 6.07) is 0.614. The molecular weight excluding hydrogens is 443 g/mol. The van der Waals surface area contributed by atoms with Gasteiger partial charge >= 0.3 is 0 Å². The van der Waals surface area contributed by atoms with Gasteiger partial charge in [-0.15, -0.1) is 24.0 Å². The lowest BCUT2D eigenvalue weighted by atomic mass is 10.0. The van der Waals surface area contributed by atoms with Crippen molar-refractivity contribution >= 4 is 29.9 Å². The number of hydrogen-bond acceptors (Lipinski definition) is 4. The lowest BCUT2D eigenvalue weighted by Crippen LogP contribution is -2.39. The standard InChI is InChI=1S/C19H38N4O2.HI/c1-3-20-19(22-15-18-7-5-11-23(18)4-2)21-10-6-12-25-16-17-8-13-24-14-9-17;/h17-18H,3-16H2,1-2H3,(H2,20,21,22);1H. The molecule has 1 unspecified atom stereocenters. The predicted octanol–water partition coefficient (Wildman–Crippen LogP) is 2.48. The second-order valence-corrected chi connectivity index (χ2v) is 7.06. The molecule has 0 bridgehead atoms. The van der Waals surface area contributed by atoms with Gasteiger partial charge in [0.2, 0.25) is 0 Å². The van der Waals surface area contributed by atoms with Gasteiger partial charge in [0.25, 0.3) is 0 Å². The van der Waals surface area contributed by atoms with E-state index in [2.05, 4.69) is 29.4 Å². The van der Waals surface area contributed by atoms with Crippen molar-refractivity contribution in [2.45, 2.75) is 52.0 Å². The third-order valence-corrected chi connectivity index (χ3v) is 5.16. The molecule has 6 nitrogen and oxygen atoms in total. The summed E-state index contributed by atoms with van der Waals surface area (Å²) < 4.78 is 11.2. The minimum Gasteiger partial charge on any atom is -0.381 e. The summed E-state index contributed by atoms with van der Waals surface area (Å²) in [5.74, 6) is 1.63. The maximum absolute atomic E-state index is 5.82. The van der Waals surface area contributed by atoms with Gasteiger partial charge in [0.05, 0.1) is 6.54 Å². The predicted molar refractivity (Wildman–Crippen MR) is 119 cm³/mol. The molecule has 0 aromatic heterocycles. The van der Waals surface area contributed by atoms with E-state index in [9.17, 15) is 0 Å². The zero-order valence-electron chi connectivity index (χ0n) is 16.7. The van der Waals surface area contributed by atoms with Crippen LogP contribution in [-0.2, 0) is 9.47 Å². The fourth-order valence-electron chi connectivity index (χ4n) is 3.60. The van der Waals surface area contributed by atoms with Gasteiger partial charge in [-0.3, -0.25) is 9.89 Å². The molecule has 0 saturated carbocycles. The van der Waals surface area contributed by atoms with Crippen molar-refractivity contribution in [2.75, 3.05) is 59.2 Å². The Morgan fingerprint density at radius 2 is 2.00 bits per heavy atom. The molecular formula is C19H39IN4O2. The highest BCUT2D eigenvalue weighted by Crippen LogP contribution is 2.16. The molecule has 2 rings (SSSR count). The van der Waals surface area contributed by atoms with Crippen LogP contribution < -0.4 is 10.6 Å². The Balaban J connectivity index is 0.00000338. The van der Waals surface area contributed by atoms with Crippen LogP contribution in [0.15, 0.2) is 4.99 Å². The molecule has 26 heavy (non-hydrogen) atoms. The Hall–Kier alpha value is -0.120. The van der Waals surface area contributed by atoms with E-state index in [-0.39, 0.29) is 24.0 Å². The van der Waals surface area contributed by atoms with Gasteiger partial charge in [-0.25, -0.2) is 0 Å². The van der Waals surface area contributed by atoms with Gasteiger partial charge in [-0.05, 0) is 58.0 Å². The number of likely N-dealkylation sites (tertiary alicyclic amines) is 1. The maximum Gasteiger partial charge on any atom is 0.191 e. The third-order valence-electron chi connectivity index (χ3n) is 5.16. The number of likely N-dealkylation sites (N-methyl/N-ethyl adjacent to an activating group) is 1. The first-order chi connectivity index (χ1) is 12.3. The van der Waals surface area contributed by atoms with Crippen molar-refractivity contribution < 1.29 is 9.47 Å². The molecule has 0 radical (unpaired) electrons. The minimum absolute atomic E-state index is 0. The van der Waals surface area contributed by atoms with Crippen LogP contribution in [0, 0.1) is 5.92 Å². The zero-order chi connectivity index (χ0) is 17.7. The van der Waals surface area contributed by atoms with Crippen LogP contribution in [0.25, 0.3) is 0 Å². The number of nitrogens with one attached hydrogen (secondary N) is 2. The fourth-order valence-corrected chi connectivity index (χ4v) is 3.60. The first kappa shape index (κ1) is 23.9.